The van der Waals surface area contributed by atoms with Gasteiger partial charge in [0, 0.05) is 28.2 Å². The van der Waals surface area contributed by atoms with Gasteiger partial charge in [-0.05, 0) is 52.0 Å². The molecule has 0 atom stereocenters. The molecule has 11 heteroatoms. The Hall–Kier alpha value is -3.70. The molecule has 33 heavy (non-hydrogen) atoms. The minimum Gasteiger partial charge on any atom is -0.457 e. The number of carbonyl (C=O) groups is 3. The molecule has 3 aromatic rings. The fraction of sp³-hybridized carbons (Fsp3) is 0.0455. The minimum atomic E-state index is -0.611. The highest BCUT2D eigenvalue weighted by atomic mass is 79.9. The topological polar surface area (TPSA) is 123 Å². The summed E-state index contributed by atoms with van der Waals surface area (Å²) < 4.78 is 6.35. The van der Waals surface area contributed by atoms with Crippen LogP contribution in [0.1, 0.15) is 5.76 Å². The second kappa shape index (κ2) is 9.43. The summed E-state index contributed by atoms with van der Waals surface area (Å²) in [5.41, 5.74) is 0.947. The first kappa shape index (κ1) is 22.5. The van der Waals surface area contributed by atoms with Gasteiger partial charge in [-0.15, -0.1) is 0 Å². The zero-order chi connectivity index (χ0) is 23.5. The number of hydrogen-bond acceptors (Lipinski definition) is 7. The third kappa shape index (κ3) is 5.04. The highest BCUT2D eigenvalue weighted by Crippen LogP contribution is 2.34. The summed E-state index contributed by atoms with van der Waals surface area (Å²) in [6.45, 7) is -0.430. The largest absolute Gasteiger partial charge is 0.457 e. The third-order valence-electron chi connectivity index (χ3n) is 4.56. The molecule has 4 rings (SSSR count). The lowest BCUT2D eigenvalue weighted by atomic mass is 10.1. The number of rotatable bonds is 6. The van der Waals surface area contributed by atoms with Crippen molar-refractivity contribution in [2.24, 2.45) is 0 Å². The van der Waals surface area contributed by atoms with Gasteiger partial charge in [0.25, 0.3) is 16.8 Å². The average molecular weight is 528 g/mol. The number of furan rings is 1. The maximum Gasteiger partial charge on any atom is 0.294 e. The van der Waals surface area contributed by atoms with Crippen LogP contribution in [-0.4, -0.2) is 33.4 Å². The maximum absolute atomic E-state index is 12.7. The van der Waals surface area contributed by atoms with Crippen LogP contribution in [0.5, 0.6) is 0 Å². The number of hydrogen-bond donors (Lipinski definition) is 1. The van der Waals surface area contributed by atoms with E-state index in [0.29, 0.717) is 39.0 Å². The zero-order valence-electron chi connectivity index (χ0n) is 16.7. The van der Waals surface area contributed by atoms with Crippen molar-refractivity contribution in [3.05, 3.63) is 85.9 Å². The number of nitrogens with zero attached hydrogens (tertiary/aromatic N) is 2. The summed E-state index contributed by atoms with van der Waals surface area (Å²) in [4.78, 5) is 48.8. The van der Waals surface area contributed by atoms with Crippen LogP contribution in [0.4, 0.5) is 16.2 Å². The summed E-state index contributed by atoms with van der Waals surface area (Å²) in [5.74, 6) is -0.464. The van der Waals surface area contributed by atoms with Gasteiger partial charge in [0.1, 0.15) is 18.1 Å². The SMILES string of the molecule is O=C(CN1C(=O)S/C(=C/c2ccc(-c3cccc([N+](=O)[O-])c3)o2)C1=O)Nc1ccccc1Br. The molecule has 3 amide bonds. The van der Waals surface area contributed by atoms with Crippen LogP contribution in [0, 0.1) is 10.1 Å². The van der Waals surface area contributed by atoms with E-state index in [9.17, 15) is 24.5 Å². The van der Waals surface area contributed by atoms with Crippen molar-refractivity contribution in [1.29, 1.82) is 0 Å². The number of nitrogens with one attached hydrogen (secondary N) is 1. The van der Waals surface area contributed by atoms with E-state index in [1.165, 1.54) is 18.2 Å². The summed E-state index contributed by atoms with van der Waals surface area (Å²) in [6, 6.07) is 16.1. The summed E-state index contributed by atoms with van der Waals surface area (Å²) in [5, 5.41) is 13.0. The average Bonchev–Trinajstić information content (AvgIpc) is 3.36. The van der Waals surface area contributed by atoms with Gasteiger partial charge in [0.2, 0.25) is 5.91 Å². The van der Waals surface area contributed by atoms with Gasteiger partial charge in [-0.2, -0.15) is 0 Å². The lowest BCUT2D eigenvalue weighted by molar-refractivity contribution is -0.384. The van der Waals surface area contributed by atoms with Gasteiger partial charge >= 0.3 is 0 Å². The van der Waals surface area contributed by atoms with Crippen molar-refractivity contribution in [3.63, 3.8) is 0 Å². The lowest BCUT2D eigenvalue weighted by Crippen LogP contribution is -2.36. The zero-order valence-corrected chi connectivity index (χ0v) is 19.1. The van der Waals surface area contributed by atoms with Crippen molar-refractivity contribution in [2.45, 2.75) is 0 Å². The number of carbonyl (C=O) groups excluding carboxylic acids is 3. The van der Waals surface area contributed by atoms with E-state index in [0.717, 1.165) is 4.90 Å². The minimum absolute atomic E-state index is 0.0765. The first-order valence-corrected chi connectivity index (χ1v) is 11.1. The fourth-order valence-corrected chi connectivity index (χ4v) is 4.22. The smallest absolute Gasteiger partial charge is 0.294 e. The molecule has 0 radical (unpaired) electrons. The molecule has 1 aromatic heterocycles. The summed E-state index contributed by atoms with van der Waals surface area (Å²) in [6.07, 6.45) is 1.40. The fourth-order valence-electron chi connectivity index (χ4n) is 3.02. The van der Waals surface area contributed by atoms with E-state index in [1.54, 1.807) is 48.5 Å². The van der Waals surface area contributed by atoms with E-state index in [1.807, 2.05) is 0 Å². The van der Waals surface area contributed by atoms with E-state index in [-0.39, 0.29) is 10.6 Å². The molecule has 1 fully saturated rings. The molecule has 9 nitrogen and oxygen atoms in total. The molecule has 0 unspecified atom stereocenters. The molecule has 1 N–H and O–H groups in total. The van der Waals surface area contributed by atoms with E-state index in [4.69, 9.17) is 4.42 Å². The molecule has 0 bridgehead atoms. The number of benzene rings is 2. The van der Waals surface area contributed by atoms with Crippen molar-refractivity contribution < 1.29 is 23.7 Å². The Morgan fingerprint density at radius 3 is 2.70 bits per heavy atom. The van der Waals surface area contributed by atoms with Crippen LogP contribution in [0.25, 0.3) is 17.4 Å². The standard InChI is InChI=1S/C22H14BrN3O6S/c23-16-6-1-2-7-17(16)24-20(27)12-25-21(28)19(33-22(25)29)11-15-8-9-18(32-15)13-4-3-5-14(10-13)26(30)31/h1-11H,12H2,(H,24,27)/b19-11+. The van der Waals surface area contributed by atoms with Gasteiger partial charge in [-0.1, -0.05) is 24.3 Å². The van der Waals surface area contributed by atoms with Crippen LogP contribution in [0.3, 0.4) is 0 Å². The number of para-hydroxylation sites is 1. The Morgan fingerprint density at radius 2 is 1.94 bits per heavy atom. The third-order valence-corrected chi connectivity index (χ3v) is 6.16. The van der Waals surface area contributed by atoms with Crippen LogP contribution < -0.4 is 5.32 Å². The molecule has 2 aromatic carbocycles. The molecular weight excluding hydrogens is 514 g/mol. The second-order valence-corrected chi connectivity index (χ2v) is 8.65. The molecule has 0 spiro atoms. The molecule has 2 heterocycles. The Bertz CT molecular complexity index is 1320. The van der Waals surface area contributed by atoms with Crippen molar-refractivity contribution in [3.8, 4) is 11.3 Å². The van der Waals surface area contributed by atoms with Crippen LogP contribution in [-0.2, 0) is 9.59 Å². The van der Waals surface area contributed by atoms with Crippen LogP contribution in [0.2, 0.25) is 0 Å². The number of imide groups is 1. The normalized spacial score (nSPS) is 14.7. The number of halogens is 1. The van der Waals surface area contributed by atoms with E-state index in [2.05, 4.69) is 21.2 Å². The highest BCUT2D eigenvalue weighted by Gasteiger charge is 2.36. The van der Waals surface area contributed by atoms with Crippen molar-refractivity contribution in [1.82, 2.24) is 4.90 Å². The Labute approximate surface area is 199 Å². The predicted octanol–water partition coefficient (Wildman–Crippen LogP) is 5.29. The Morgan fingerprint density at radius 1 is 1.15 bits per heavy atom. The Kier molecular flexibility index (Phi) is 6.43. The highest BCUT2D eigenvalue weighted by molar-refractivity contribution is 9.10. The molecule has 1 saturated heterocycles. The first-order valence-electron chi connectivity index (χ1n) is 9.46. The second-order valence-electron chi connectivity index (χ2n) is 6.81. The molecular formula is C22H14BrN3O6S. The monoisotopic (exact) mass is 527 g/mol. The Balaban J connectivity index is 1.47. The van der Waals surface area contributed by atoms with Crippen LogP contribution in [0.15, 0.2) is 74.5 Å². The number of non-ortho nitro benzene ring substituents is 1. The van der Waals surface area contributed by atoms with Gasteiger partial charge in [0.05, 0.1) is 15.5 Å². The molecule has 1 aliphatic rings. The van der Waals surface area contributed by atoms with E-state index < -0.39 is 28.5 Å². The molecule has 1 aliphatic heterocycles. The van der Waals surface area contributed by atoms with Crippen molar-refractivity contribution in [2.75, 3.05) is 11.9 Å². The van der Waals surface area contributed by atoms with Gasteiger partial charge in [-0.25, -0.2) is 0 Å². The maximum atomic E-state index is 12.7. The number of nitro benzene ring substituents is 1. The van der Waals surface area contributed by atoms with Gasteiger partial charge in [0.15, 0.2) is 0 Å². The number of thioether (sulfide) groups is 1. The lowest BCUT2D eigenvalue weighted by Gasteiger charge is -2.13. The molecule has 0 aliphatic carbocycles. The van der Waals surface area contributed by atoms with Gasteiger partial charge < -0.3 is 9.73 Å². The number of nitro groups is 1. The quantitative estimate of drug-likeness (QED) is 0.262. The van der Waals surface area contributed by atoms with Gasteiger partial charge in [-0.3, -0.25) is 29.4 Å². The first-order chi connectivity index (χ1) is 15.8. The summed E-state index contributed by atoms with van der Waals surface area (Å²) >= 11 is 4.02. The molecule has 0 saturated carbocycles. The van der Waals surface area contributed by atoms with Crippen LogP contribution >= 0.6 is 27.7 Å². The molecule has 166 valence electrons. The van der Waals surface area contributed by atoms with E-state index >= 15 is 0 Å². The van der Waals surface area contributed by atoms with Crippen molar-refractivity contribution >= 4 is 62.2 Å². The number of anilines is 1. The summed E-state index contributed by atoms with van der Waals surface area (Å²) in [7, 11) is 0. The number of amides is 3. The predicted molar refractivity (Wildman–Crippen MR) is 126 cm³/mol.